The Kier molecular flexibility index (Phi) is 31.4. The van der Waals surface area contributed by atoms with Crippen molar-refractivity contribution in [3.8, 4) is 0 Å². The molecule has 0 bridgehead atoms. The summed E-state index contributed by atoms with van der Waals surface area (Å²) in [5, 5.41) is 0. The van der Waals surface area contributed by atoms with Crippen LogP contribution in [0.3, 0.4) is 0 Å². The minimum atomic E-state index is -1.82. The van der Waals surface area contributed by atoms with Crippen molar-refractivity contribution in [1.82, 2.24) is 0 Å². The molecule has 0 aliphatic heterocycles. The van der Waals surface area contributed by atoms with E-state index in [1.165, 1.54) is 0 Å². The van der Waals surface area contributed by atoms with Gasteiger partial charge in [-0.2, -0.15) is 19.0 Å². The largest absolute Gasteiger partial charge is 0.772 e. The molecule has 0 fully saturated rings. The first-order valence-corrected chi connectivity index (χ1v) is 7.18. The van der Waals surface area contributed by atoms with Crippen molar-refractivity contribution >= 4 is 23.7 Å². The SMILES string of the molecule is CCS(=O)[O-].[CH2-]CCCOCCOCCS.[Y]. The molecule has 0 spiro atoms. The third kappa shape index (κ3) is 31.8. The summed E-state index contributed by atoms with van der Waals surface area (Å²) >= 11 is 2.18. The zero-order valence-electron chi connectivity index (χ0n) is 10.4. The Hall–Kier alpha value is 1.48. The molecule has 0 amide bonds. The number of hydrogen-bond acceptors (Lipinski definition) is 5. The van der Waals surface area contributed by atoms with Gasteiger partial charge in [-0.1, -0.05) is 24.4 Å². The number of thiol groups is 1. The first-order chi connectivity index (χ1) is 7.68. The average molecular weight is 359 g/mol. The molecule has 0 heterocycles. The van der Waals surface area contributed by atoms with Crippen LogP contribution in [-0.4, -0.2) is 46.7 Å². The summed E-state index contributed by atoms with van der Waals surface area (Å²) in [6.45, 7) is 8.17. The number of hydrogen-bond donors (Lipinski definition) is 1. The minimum absolute atomic E-state index is 0. The molecule has 1 unspecified atom stereocenters. The van der Waals surface area contributed by atoms with E-state index in [9.17, 15) is 8.76 Å². The van der Waals surface area contributed by atoms with Crippen molar-refractivity contribution in [1.29, 1.82) is 0 Å². The van der Waals surface area contributed by atoms with Crippen LogP contribution in [-0.2, 0) is 53.3 Å². The molecule has 0 aliphatic rings. The molecule has 0 aromatic carbocycles. The van der Waals surface area contributed by atoms with E-state index in [4.69, 9.17) is 9.47 Å². The maximum absolute atomic E-state index is 9.37. The second-order valence-corrected chi connectivity index (χ2v) is 4.38. The molecule has 0 aromatic rings. The average Bonchev–Trinajstić information content (AvgIpc) is 2.29. The third-order valence-electron chi connectivity index (χ3n) is 1.38. The normalized spacial score (nSPS) is 11.1. The number of ether oxygens (including phenoxy) is 2. The van der Waals surface area contributed by atoms with Crippen LogP contribution >= 0.6 is 12.6 Å². The Morgan fingerprint density at radius 3 is 2.06 bits per heavy atom. The molecule has 0 aliphatic carbocycles. The molecule has 17 heavy (non-hydrogen) atoms. The van der Waals surface area contributed by atoms with Gasteiger partial charge in [-0.3, -0.25) is 4.21 Å². The van der Waals surface area contributed by atoms with Crippen LogP contribution in [0.1, 0.15) is 19.8 Å². The van der Waals surface area contributed by atoms with Gasteiger partial charge in [0, 0.05) is 50.8 Å². The molecule has 0 saturated heterocycles. The van der Waals surface area contributed by atoms with Crippen molar-refractivity contribution in [3.63, 3.8) is 0 Å². The van der Waals surface area contributed by atoms with Crippen molar-refractivity contribution in [3.05, 3.63) is 6.92 Å². The molecule has 1 atom stereocenters. The summed E-state index contributed by atoms with van der Waals surface area (Å²) in [6.07, 6.45) is 1.98. The van der Waals surface area contributed by atoms with E-state index in [1.54, 1.807) is 6.92 Å². The maximum Gasteiger partial charge on any atom is 0.0700 e. The van der Waals surface area contributed by atoms with Gasteiger partial charge in [-0.25, -0.2) is 0 Å². The van der Waals surface area contributed by atoms with Gasteiger partial charge in [0.25, 0.3) is 0 Å². The molecule has 103 valence electrons. The predicted molar refractivity (Wildman–Crippen MR) is 69.5 cm³/mol. The first kappa shape index (κ1) is 23.6. The van der Waals surface area contributed by atoms with Gasteiger partial charge in [0.1, 0.15) is 0 Å². The zero-order chi connectivity index (χ0) is 12.6. The van der Waals surface area contributed by atoms with Gasteiger partial charge in [0.2, 0.25) is 0 Å². The van der Waals surface area contributed by atoms with Crippen LogP contribution in [0.25, 0.3) is 0 Å². The van der Waals surface area contributed by atoms with E-state index >= 15 is 0 Å². The Labute approximate surface area is 138 Å². The van der Waals surface area contributed by atoms with Crippen molar-refractivity contribution < 1.29 is 50.9 Å². The summed E-state index contributed by atoms with van der Waals surface area (Å²) in [4.78, 5) is 0. The van der Waals surface area contributed by atoms with Gasteiger partial charge >= 0.3 is 0 Å². The van der Waals surface area contributed by atoms with Crippen LogP contribution < -0.4 is 0 Å². The fourth-order valence-electron chi connectivity index (χ4n) is 0.591. The van der Waals surface area contributed by atoms with Crippen molar-refractivity contribution in [2.45, 2.75) is 19.8 Å². The predicted octanol–water partition coefficient (Wildman–Crippen LogP) is 1.45. The summed E-state index contributed by atoms with van der Waals surface area (Å²) in [5.41, 5.74) is 0. The molecular formula is C10H22O4S2Y-2. The minimum Gasteiger partial charge on any atom is -0.772 e. The fraction of sp³-hybridized carbons (Fsp3) is 0.900. The smallest absolute Gasteiger partial charge is 0.0700 e. The summed E-state index contributed by atoms with van der Waals surface area (Å²) in [6, 6.07) is 0. The Balaban J connectivity index is -0.000000280. The topological polar surface area (TPSA) is 58.6 Å². The van der Waals surface area contributed by atoms with E-state index in [2.05, 4.69) is 19.6 Å². The summed E-state index contributed by atoms with van der Waals surface area (Å²) in [5.74, 6) is 0.999. The van der Waals surface area contributed by atoms with Crippen LogP contribution in [0.4, 0.5) is 0 Å². The monoisotopic (exact) mass is 359 g/mol. The summed E-state index contributed by atoms with van der Waals surface area (Å²) in [7, 11) is 0. The molecule has 7 heteroatoms. The molecule has 0 rings (SSSR count). The van der Waals surface area contributed by atoms with Crippen molar-refractivity contribution in [2.75, 3.05) is 37.9 Å². The second-order valence-electron chi connectivity index (χ2n) is 2.75. The van der Waals surface area contributed by atoms with Crippen LogP contribution in [0, 0.1) is 6.92 Å². The standard InChI is InChI=1S/C8H17O2S.C2H6O2S.Y/c1-2-3-4-9-5-6-10-7-8-11;1-2-5(3)4;/h11H,1-8H2;2H2,1H3,(H,3,4);/q-1;;/p-1. The van der Waals surface area contributed by atoms with Crippen LogP contribution in [0.5, 0.6) is 0 Å². The van der Waals surface area contributed by atoms with Gasteiger partial charge in [-0.05, 0) is 0 Å². The molecule has 0 saturated carbocycles. The van der Waals surface area contributed by atoms with Crippen LogP contribution in [0.2, 0.25) is 0 Å². The van der Waals surface area contributed by atoms with Gasteiger partial charge in [0.15, 0.2) is 0 Å². The van der Waals surface area contributed by atoms with Crippen LogP contribution in [0.15, 0.2) is 0 Å². The fourth-order valence-corrected chi connectivity index (χ4v) is 0.720. The van der Waals surface area contributed by atoms with Gasteiger partial charge in [-0.15, -0.1) is 0 Å². The molecular weight excluding hydrogens is 337 g/mol. The quantitative estimate of drug-likeness (QED) is 0.293. The van der Waals surface area contributed by atoms with Crippen molar-refractivity contribution in [2.24, 2.45) is 0 Å². The molecule has 0 N–H and O–H groups in total. The number of rotatable bonds is 9. The van der Waals surface area contributed by atoms with Gasteiger partial charge < -0.3 is 21.0 Å². The Morgan fingerprint density at radius 2 is 1.71 bits per heavy atom. The Morgan fingerprint density at radius 1 is 1.24 bits per heavy atom. The zero-order valence-corrected chi connectivity index (χ0v) is 15.0. The molecule has 4 nitrogen and oxygen atoms in total. The second kappa shape index (κ2) is 22.6. The Bertz CT molecular complexity index is 142. The van der Waals surface area contributed by atoms with E-state index in [1.807, 2.05) is 0 Å². The van der Waals surface area contributed by atoms with Gasteiger partial charge in [0.05, 0.1) is 19.8 Å². The van der Waals surface area contributed by atoms with E-state index in [0.717, 1.165) is 25.2 Å². The third-order valence-corrected chi connectivity index (χ3v) is 2.04. The number of unbranched alkanes of at least 4 members (excludes halogenated alkanes) is 1. The first-order valence-electron chi connectivity index (χ1n) is 5.30. The molecule has 0 aromatic heterocycles. The molecule has 1 radical (unpaired) electrons. The maximum atomic E-state index is 9.37. The summed E-state index contributed by atoms with van der Waals surface area (Å²) < 4.78 is 29.1. The van der Waals surface area contributed by atoms with E-state index < -0.39 is 11.1 Å². The van der Waals surface area contributed by atoms with E-state index in [-0.39, 0.29) is 38.5 Å². The van der Waals surface area contributed by atoms with E-state index in [0.29, 0.717) is 19.8 Å².